The fourth-order valence-corrected chi connectivity index (χ4v) is 3.53. The second-order valence-electron chi connectivity index (χ2n) is 5.65. The van der Waals surface area contributed by atoms with Crippen LogP contribution >= 0.6 is 0 Å². The molecular weight excluding hydrogens is 246 g/mol. The first-order valence-electron chi connectivity index (χ1n) is 6.79. The number of carbonyl (C=O) groups is 2. The molecule has 0 aromatic heterocycles. The van der Waals surface area contributed by atoms with E-state index in [9.17, 15) is 9.59 Å². The lowest BCUT2D eigenvalue weighted by Crippen LogP contribution is -2.40. The largest absolute Gasteiger partial charge is 0.469 e. The molecule has 3 rings (SSSR count). The number of rotatable bonds is 3. The highest BCUT2D eigenvalue weighted by atomic mass is 16.5. The second-order valence-corrected chi connectivity index (χ2v) is 5.65. The minimum absolute atomic E-state index is 0.0246. The monoisotopic (exact) mass is 265 g/mol. The van der Waals surface area contributed by atoms with Gasteiger partial charge in [0.1, 0.15) is 11.5 Å². The molecule has 0 radical (unpaired) electrons. The van der Waals surface area contributed by atoms with Crippen molar-refractivity contribution in [2.75, 3.05) is 13.7 Å². The summed E-state index contributed by atoms with van der Waals surface area (Å²) in [5, 5.41) is 0. The third-order valence-electron chi connectivity index (χ3n) is 4.73. The average molecular weight is 265 g/mol. The zero-order chi connectivity index (χ0) is 13.8. The predicted octanol–water partition coefficient (Wildman–Crippen LogP) is 0.740. The molecule has 104 valence electrons. The zero-order valence-corrected chi connectivity index (χ0v) is 11.5. The van der Waals surface area contributed by atoms with Gasteiger partial charge < -0.3 is 14.4 Å². The Kier molecular flexibility index (Phi) is 2.71. The Labute approximate surface area is 112 Å². The van der Waals surface area contributed by atoms with Crippen molar-refractivity contribution < 1.29 is 19.1 Å². The van der Waals surface area contributed by atoms with Gasteiger partial charge in [0.15, 0.2) is 0 Å². The van der Waals surface area contributed by atoms with Crippen LogP contribution in [0.1, 0.15) is 20.3 Å². The zero-order valence-electron chi connectivity index (χ0n) is 11.5. The summed E-state index contributed by atoms with van der Waals surface area (Å²) in [7, 11) is 1.36. The molecule has 0 aromatic carbocycles. The number of nitrogens with zero attached hydrogens (tertiary/aromatic N) is 1. The topological polar surface area (TPSA) is 55.8 Å². The number of esters is 1. The van der Waals surface area contributed by atoms with Gasteiger partial charge >= 0.3 is 5.97 Å². The van der Waals surface area contributed by atoms with Gasteiger partial charge in [-0.3, -0.25) is 9.59 Å². The standard InChI is InChI=1S/C14H19NO4/c1-4-8(2)15-7-14-6-5-9(19-14)10(13(17)18-3)11(14)12(15)16/h5-6,8-11H,4,7H2,1-3H3/t8-,9+,10+,11-,14+/m0/s1. The average Bonchev–Trinajstić information content (AvgIpc) is 3.05. The highest BCUT2D eigenvalue weighted by Crippen LogP contribution is 2.52. The van der Waals surface area contributed by atoms with Gasteiger partial charge in [-0.2, -0.15) is 0 Å². The molecule has 2 saturated heterocycles. The highest BCUT2D eigenvalue weighted by Gasteiger charge is 2.67. The summed E-state index contributed by atoms with van der Waals surface area (Å²) in [6.45, 7) is 4.63. The summed E-state index contributed by atoms with van der Waals surface area (Å²) in [6, 6.07) is 0.168. The van der Waals surface area contributed by atoms with E-state index >= 15 is 0 Å². The molecule has 2 bridgehead atoms. The van der Waals surface area contributed by atoms with Crippen molar-refractivity contribution in [3.63, 3.8) is 0 Å². The van der Waals surface area contributed by atoms with Crippen molar-refractivity contribution in [3.05, 3.63) is 12.2 Å². The Hall–Kier alpha value is -1.36. The van der Waals surface area contributed by atoms with Crippen LogP contribution in [0.25, 0.3) is 0 Å². The van der Waals surface area contributed by atoms with Crippen LogP contribution in [0, 0.1) is 11.8 Å². The Morgan fingerprint density at radius 3 is 3.05 bits per heavy atom. The molecule has 0 unspecified atom stereocenters. The van der Waals surface area contributed by atoms with Gasteiger partial charge in [-0.25, -0.2) is 0 Å². The van der Waals surface area contributed by atoms with Crippen molar-refractivity contribution >= 4 is 11.9 Å². The molecule has 5 heteroatoms. The van der Waals surface area contributed by atoms with Gasteiger partial charge in [0, 0.05) is 6.04 Å². The molecule has 0 saturated carbocycles. The van der Waals surface area contributed by atoms with Crippen molar-refractivity contribution in [1.82, 2.24) is 4.90 Å². The highest BCUT2D eigenvalue weighted by molar-refractivity contribution is 5.91. The molecule has 3 aliphatic heterocycles. The molecule has 19 heavy (non-hydrogen) atoms. The van der Waals surface area contributed by atoms with Crippen LogP contribution in [0.2, 0.25) is 0 Å². The molecule has 1 spiro atoms. The lowest BCUT2D eigenvalue weighted by Gasteiger charge is -2.26. The van der Waals surface area contributed by atoms with E-state index in [2.05, 4.69) is 6.92 Å². The van der Waals surface area contributed by atoms with Gasteiger partial charge in [-0.15, -0.1) is 0 Å². The van der Waals surface area contributed by atoms with E-state index < -0.39 is 17.4 Å². The Morgan fingerprint density at radius 1 is 1.68 bits per heavy atom. The first kappa shape index (κ1) is 12.7. The van der Waals surface area contributed by atoms with Crippen LogP contribution in [-0.2, 0) is 19.1 Å². The van der Waals surface area contributed by atoms with Crippen LogP contribution in [0.4, 0.5) is 0 Å². The SMILES string of the molecule is CC[C@H](C)N1C[C@@]23C=C[C@@H](O2)[C@@H](C(=O)OC)[C@H]3C1=O. The Bertz CT molecular complexity index is 460. The predicted molar refractivity (Wildman–Crippen MR) is 67.2 cm³/mol. The van der Waals surface area contributed by atoms with Crippen molar-refractivity contribution in [2.45, 2.75) is 38.0 Å². The van der Waals surface area contributed by atoms with Crippen LogP contribution in [0.3, 0.4) is 0 Å². The van der Waals surface area contributed by atoms with Crippen molar-refractivity contribution in [1.29, 1.82) is 0 Å². The number of amides is 1. The molecule has 5 nitrogen and oxygen atoms in total. The summed E-state index contributed by atoms with van der Waals surface area (Å²) in [6.07, 6.45) is 4.44. The molecule has 3 aliphatic rings. The quantitative estimate of drug-likeness (QED) is 0.558. The molecule has 0 aliphatic carbocycles. The maximum absolute atomic E-state index is 12.6. The van der Waals surface area contributed by atoms with Gasteiger partial charge in [0.05, 0.1) is 25.7 Å². The number of hydrogen-bond acceptors (Lipinski definition) is 4. The minimum Gasteiger partial charge on any atom is -0.469 e. The fourth-order valence-electron chi connectivity index (χ4n) is 3.53. The maximum Gasteiger partial charge on any atom is 0.312 e. The lowest BCUT2D eigenvalue weighted by atomic mass is 9.77. The number of ether oxygens (including phenoxy) is 2. The van der Waals surface area contributed by atoms with E-state index in [0.29, 0.717) is 6.54 Å². The Balaban J connectivity index is 1.95. The van der Waals surface area contributed by atoms with Gasteiger partial charge in [-0.1, -0.05) is 19.1 Å². The fraction of sp³-hybridized carbons (Fsp3) is 0.714. The lowest BCUT2D eigenvalue weighted by molar-refractivity contribution is -0.151. The summed E-state index contributed by atoms with van der Waals surface area (Å²) in [5.41, 5.74) is -0.607. The number of likely N-dealkylation sites (tertiary alicyclic amines) is 1. The molecule has 1 amide bonds. The third kappa shape index (κ3) is 1.51. The van der Waals surface area contributed by atoms with E-state index in [-0.39, 0.29) is 24.0 Å². The Morgan fingerprint density at radius 2 is 2.42 bits per heavy atom. The van der Waals surface area contributed by atoms with E-state index in [1.54, 1.807) is 0 Å². The first-order valence-corrected chi connectivity index (χ1v) is 6.79. The van der Waals surface area contributed by atoms with Crippen LogP contribution in [0.5, 0.6) is 0 Å². The van der Waals surface area contributed by atoms with Crippen LogP contribution in [-0.4, -0.2) is 48.2 Å². The van der Waals surface area contributed by atoms with Crippen LogP contribution in [0.15, 0.2) is 12.2 Å². The summed E-state index contributed by atoms with van der Waals surface area (Å²) in [5.74, 6) is -1.22. The normalized spacial score (nSPS) is 40.7. The van der Waals surface area contributed by atoms with Crippen molar-refractivity contribution in [2.24, 2.45) is 11.8 Å². The smallest absolute Gasteiger partial charge is 0.312 e. The molecular formula is C14H19NO4. The van der Waals surface area contributed by atoms with Crippen LogP contribution < -0.4 is 0 Å². The van der Waals surface area contributed by atoms with E-state index in [0.717, 1.165) is 6.42 Å². The first-order chi connectivity index (χ1) is 9.04. The number of methoxy groups -OCH3 is 1. The third-order valence-corrected chi connectivity index (χ3v) is 4.73. The maximum atomic E-state index is 12.6. The van der Waals surface area contributed by atoms with E-state index in [1.807, 2.05) is 24.0 Å². The van der Waals surface area contributed by atoms with E-state index in [4.69, 9.17) is 9.47 Å². The summed E-state index contributed by atoms with van der Waals surface area (Å²) < 4.78 is 10.8. The summed E-state index contributed by atoms with van der Waals surface area (Å²) >= 11 is 0. The summed E-state index contributed by atoms with van der Waals surface area (Å²) in [4.78, 5) is 26.4. The molecule has 5 atom stereocenters. The van der Waals surface area contributed by atoms with Crippen molar-refractivity contribution in [3.8, 4) is 0 Å². The van der Waals surface area contributed by atoms with Gasteiger partial charge in [-0.05, 0) is 13.3 Å². The van der Waals surface area contributed by atoms with Gasteiger partial charge in [0.2, 0.25) is 5.91 Å². The van der Waals surface area contributed by atoms with Gasteiger partial charge in [0.25, 0.3) is 0 Å². The second kappa shape index (κ2) is 4.07. The number of hydrogen-bond donors (Lipinski definition) is 0. The minimum atomic E-state index is -0.607. The van der Waals surface area contributed by atoms with E-state index in [1.165, 1.54) is 7.11 Å². The molecule has 0 N–H and O–H groups in total. The molecule has 0 aromatic rings. The molecule has 2 fully saturated rings. The molecule has 3 heterocycles. The number of carbonyl (C=O) groups excluding carboxylic acids is 2. The number of fused-ring (bicyclic) bond motifs is 1.